The third-order valence-electron chi connectivity index (χ3n) is 4.13. The Morgan fingerprint density at radius 1 is 0.900 bits per heavy atom. The Morgan fingerprint density at radius 3 is 2.20 bits per heavy atom. The van der Waals surface area contributed by atoms with Crippen LogP contribution in [0.2, 0.25) is 0 Å². The first-order valence-corrected chi connectivity index (χ1v) is 7.19. The lowest BCUT2D eigenvalue weighted by Crippen LogP contribution is -2.44. The smallest absolute Gasteiger partial charge is 0.0875 e. The molecule has 1 fully saturated rings. The van der Waals surface area contributed by atoms with Crippen LogP contribution in [0.5, 0.6) is 0 Å². The van der Waals surface area contributed by atoms with E-state index in [0.717, 1.165) is 26.2 Å². The number of aryl methyl sites for hydroxylation is 2. The zero-order valence-corrected chi connectivity index (χ0v) is 12.5. The van der Waals surface area contributed by atoms with Gasteiger partial charge in [-0.05, 0) is 39.1 Å². The minimum atomic E-state index is 1.08. The molecule has 106 valence electrons. The van der Waals surface area contributed by atoms with Gasteiger partial charge in [0, 0.05) is 43.8 Å². The maximum atomic E-state index is 4.34. The number of pyridine rings is 1. The zero-order chi connectivity index (χ0) is 14.1. The van der Waals surface area contributed by atoms with Crippen LogP contribution in [0.3, 0.4) is 0 Å². The molecule has 0 atom stereocenters. The number of aromatic nitrogens is 2. The second kappa shape index (κ2) is 5.29. The highest BCUT2D eigenvalue weighted by Crippen LogP contribution is 2.27. The van der Waals surface area contributed by atoms with Crippen LogP contribution in [0.15, 0.2) is 30.6 Å². The van der Waals surface area contributed by atoms with Crippen LogP contribution < -0.4 is 4.90 Å². The summed E-state index contributed by atoms with van der Waals surface area (Å²) in [4.78, 5) is 9.18. The van der Waals surface area contributed by atoms with E-state index >= 15 is 0 Å². The van der Waals surface area contributed by atoms with Crippen LogP contribution in [0.4, 0.5) is 5.69 Å². The van der Waals surface area contributed by atoms with Gasteiger partial charge in [0.1, 0.15) is 0 Å². The molecule has 0 unspecified atom stereocenters. The van der Waals surface area contributed by atoms with E-state index in [1.807, 2.05) is 12.4 Å². The van der Waals surface area contributed by atoms with Crippen molar-refractivity contribution in [3.63, 3.8) is 0 Å². The minimum Gasteiger partial charge on any atom is -0.367 e. The van der Waals surface area contributed by atoms with Crippen LogP contribution in [0.25, 0.3) is 5.69 Å². The van der Waals surface area contributed by atoms with Crippen molar-refractivity contribution >= 4 is 5.69 Å². The Labute approximate surface area is 120 Å². The number of nitrogens with zero attached hydrogens (tertiary/aromatic N) is 4. The highest BCUT2D eigenvalue weighted by Gasteiger charge is 2.18. The summed E-state index contributed by atoms with van der Waals surface area (Å²) in [6, 6.07) is 6.46. The predicted octanol–water partition coefficient (Wildman–Crippen LogP) is 2.24. The van der Waals surface area contributed by atoms with Crippen molar-refractivity contribution in [2.45, 2.75) is 13.8 Å². The van der Waals surface area contributed by atoms with E-state index < -0.39 is 0 Å². The summed E-state index contributed by atoms with van der Waals surface area (Å²) >= 11 is 0. The van der Waals surface area contributed by atoms with Crippen molar-refractivity contribution in [3.8, 4) is 5.69 Å². The first kappa shape index (κ1) is 13.2. The van der Waals surface area contributed by atoms with Gasteiger partial charge in [0.05, 0.1) is 17.6 Å². The monoisotopic (exact) mass is 270 g/mol. The minimum absolute atomic E-state index is 1.08. The molecule has 3 heterocycles. The van der Waals surface area contributed by atoms with Crippen LogP contribution in [0.1, 0.15) is 11.4 Å². The van der Waals surface area contributed by atoms with Crippen LogP contribution >= 0.6 is 0 Å². The molecule has 0 spiro atoms. The van der Waals surface area contributed by atoms with E-state index in [2.05, 4.69) is 58.4 Å². The van der Waals surface area contributed by atoms with Crippen molar-refractivity contribution < 1.29 is 0 Å². The van der Waals surface area contributed by atoms with Crippen molar-refractivity contribution in [3.05, 3.63) is 42.0 Å². The molecular weight excluding hydrogens is 248 g/mol. The number of hydrogen-bond acceptors (Lipinski definition) is 3. The van der Waals surface area contributed by atoms with Gasteiger partial charge in [-0.1, -0.05) is 0 Å². The highest BCUT2D eigenvalue weighted by atomic mass is 15.3. The molecule has 0 saturated carbocycles. The summed E-state index contributed by atoms with van der Waals surface area (Å²) in [6.45, 7) is 8.68. The molecule has 4 heteroatoms. The predicted molar refractivity (Wildman–Crippen MR) is 82.7 cm³/mol. The Hall–Kier alpha value is -1.81. The van der Waals surface area contributed by atoms with Gasteiger partial charge >= 0.3 is 0 Å². The average Bonchev–Trinajstić information content (AvgIpc) is 2.79. The molecule has 4 nitrogen and oxygen atoms in total. The maximum absolute atomic E-state index is 4.34. The summed E-state index contributed by atoms with van der Waals surface area (Å²) in [7, 11) is 2.19. The number of rotatable bonds is 2. The molecule has 0 aliphatic carbocycles. The number of piperazine rings is 1. The molecule has 1 saturated heterocycles. The Bertz CT molecular complexity index is 575. The fourth-order valence-corrected chi connectivity index (χ4v) is 2.91. The molecule has 0 bridgehead atoms. The first-order valence-electron chi connectivity index (χ1n) is 7.19. The van der Waals surface area contributed by atoms with E-state index in [9.17, 15) is 0 Å². The molecule has 1 aliphatic rings. The van der Waals surface area contributed by atoms with E-state index in [-0.39, 0.29) is 0 Å². The standard InChI is InChI=1S/C16H22N4/c1-13-4-5-14(2)20(13)16-12-17-7-6-15(16)19-10-8-18(3)9-11-19/h4-7,12H,8-11H2,1-3H3. The molecule has 3 rings (SSSR count). The average molecular weight is 270 g/mol. The van der Waals surface area contributed by atoms with Crippen molar-refractivity contribution in [2.75, 3.05) is 38.1 Å². The fraction of sp³-hybridized carbons (Fsp3) is 0.438. The molecule has 0 amide bonds. The van der Waals surface area contributed by atoms with E-state index in [1.54, 1.807) is 0 Å². The highest BCUT2D eigenvalue weighted by molar-refractivity contribution is 5.63. The Kier molecular flexibility index (Phi) is 3.49. The van der Waals surface area contributed by atoms with Gasteiger partial charge < -0.3 is 14.4 Å². The number of hydrogen-bond donors (Lipinski definition) is 0. The van der Waals surface area contributed by atoms with Gasteiger partial charge in [0.2, 0.25) is 0 Å². The largest absolute Gasteiger partial charge is 0.367 e. The second-order valence-corrected chi connectivity index (χ2v) is 5.61. The summed E-state index contributed by atoms with van der Waals surface area (Å²) in [5, 5.41) is 0. The first-order chi connectivity index (χ1) is 9.66. The molecular formula is C16H22N4. The molecule has 0 aromatic carbocycles. The normalized spacial score (nSPS) is 16.6. The summed E-state index contributed by atoms with van der Waals surface area (Å²) in [5.41, 5.74) is 4.99. The summed E-state index contributed by atoms with van der Waals surface area (Å²) < 4.78 is 2.29. The Balaban J connectivity index is 2.01. The molecule has 20 heavy (non-hydrogen) atoms. The van der Waals surface area contributed by atoms with E-state index in [1.165, 1.54) is 22.8 Å². The van der Waals surface area contributed by atoms with Crippen molar-refractivity contribution in [1.82, 2.24) is 14.5 Å². The van der Waals surface area contributed by atoms with Crippen LogP contribution in [-0.2, 0) is 0 Å². The SMILES string of the molecule is Cc1ccc(C)n1-c1cnccc1N1CCN(C)CC1. The van der Waals surface area contributed by atoms with Gasteiger partial charge in [0.25, 0.3) is 0 Å². The van der Waals surface area contributed by atoms with Crippen LogP contribution in [0, 0.1) is 13.8 Å². The lowest BCUT2D eigenvalue weighted by atomic mass is 10.2. The number of likely N-dealkylation sites (N-methyl/N-ethyl adjacent to an activating group) is 1. The van der Waals surface area contributed by atoms with Gasteiger partial charge in [-0.2, -0.15) is 0 Å². The lowest BCUT2D eigenvalue weighted by molar-refractivity contribution is 0.313. The van der Waals surface area contributed by atoms with Gasteiger partial charge in [-0.15, -0.1) is 0 Å². The maximum Gasteiger partial charge on any atom is 0.0875 e. The molecule has 1 aliphatic heterocycles. The molecule has 2 aromatic rings. The van der Waals surface area contributed by atoms with E-state index in [0.29, 0.717) is 0 Å². The quantitative estimate of drug-likeness (QED) is 0.836. The second-order valence-electron chi connectivity index (χ2n) is 5.61. The molecule has 0 radical (unpaired) electrons. The summed E-state index contributed by atoms with van der Waals surface area (Å²) in [5.74, 6) is 0. The molecule has 2 aromatic heterocycles. The fourth-order valence-electron chi connectivity index (χ4n) is 2.91. The van der Waals surface area contributed by atoms with Crippen molar-refractivity contribution in [2.24, 2.45) is 0 Å². The summed E-state index contributed by atoms with van der Waals surface area (Å²) in [6.07, 6.45) is 3.87. The van der Waals surface area contributed by atoms with Crippen molar-refractivity contribution in [1.29, 1.82) is 0 Å². The van der Waals surface area contributed by atoms with Gasteiger partial charge in [-0.25, -0.2) is 0 Å². The van der Waals surface area contributed by atoms with Crippen LogP contribution in [-0.4, -0.2) is 47.7 Å². The topological polar surface area (TPSA) is 24.3 Å². The third-order valence-corrected chi connectivity index (χ3v) is 4.13. The molecule has 0 N–H and O–H groups in total. The zero-order valence-electron chi connectivity index (χ0n) is 12.5. The lowest BCUT2D eigenvalue weighted by Gasteiger charge is -2.35. The van der Waals surface area contributed by atoms with E-state index in [4.69, 9.17) is 0 Å². The van der Waals surface area contributed by atoms with Gasteiger partial charge in [-0.3, -0.25) is 4.98 Å². The van der Waals surface area contributed by atoms with Gasteiger partial charge in [0.15, 0.2) is 0 Å². The number of anilines is 1. The Morgan fingerprint density at radius 2 is 1.55 bits per heavy atom. The third kappa shape index (κ3) is 2.31.